The second-order valence-corrected chi connectivity index (χ2v) is 4.60. The van der Waals surface area contributed by atoms with Gasteiger partial charge in [0.05, 0.1) is 6.54 Å². The van der Waals surface area contributed by atoms with Crippen molar-refractivity contribution in [3.63, 3.8) is 0 Å². The van der Waals surface area contributed by atoms with E-state index in [1.54, 1.807) is 9.80 Å². The van der Waals surface area contributed by atoms with Gasteiger partial charge in [0.2, 0.25) is 18.2 Å². The van der Waals surface area contributed by atoms with Gasteiger partial charge in [-0.3, -0.25) is 9.59 Å². The van der Waals surface area contributed by atoms with Crippen LogP contribution < -0.4 is 0 Å². The first-order valence-electron chi connectivity index (χ1n) is 6.09. The molecule has 2 fully saturated rings. The Labute approximate surface area is 104 Å². The van der Waals surface area contributed by atoms with Crippen LogP contribution in [-0.2, 0) is 16.1 Å². The summed E-state index contributed by atoms with van der Waals surface area (Å²) < 4.78 is 4.65. The van der Waals surface area contributed by atoms with Gasteiger partial charge in [0.25, 0.3) is 0 Å². The molecule has 3 rings (SSSR count). The van der Waals surface area contributed by atoms with E-state index in [0.717, 1.165) is 12.8 Å². The van der Waals surface area contributed by atoms with Crippen LogP contribution in [-0.4, -0.2) is 50.9 Å². The number of aromatic nitrogens is 2. The summed E-state index contributed by atoms with van der Waals surface area (Å²) >= 11 is 0. The number of fused-ring (bicyclic) bond motifs is 1. The zero-order chi connectivity index (χ0) is 12.5. The summed E-state index contributed by atoms with van der Waals surface area (Å²) in [6.45, 7) is 1.44. The van der Waals surface area contributed by atoms with Gasteiger partial charge in [-0.15, -0.1) is 0 Å². The van der Waals surface area contributed by atoms with Gasteiger partial charge in [0.1, 0.15) is 6.04 Å². The van der Waals surface area contributed by atoms with Crippen LogP contribution in [0.1, 0.15) is 25.1 Å². The minimum Gasteiger partial charge on any atom is -0.343 e. The molecule has 2 amide bonds. The van der Waals surface area contributed by atoms with E-state index in [1.165, 1.54) is 6.39 Å². The number of amides is 2. The minimum absolute atomic E-state index is 0.00292. The average Bonchev–Trinajstić information content (AvgIpc) is 3.01. The quantitative estimate of drug-likeness (QED) is 0.725. The molecule has 3 heterocycles. The van der Waals surface area contributed by atoms with Gasteiger partial charge in [0, 0.05) is 19.5 Å². The maximum Gasteiger partial charge on any atom is 0.245 e. The molecule has 2 aliphatic rings. The Hall–Kier alpha value is -1.92. The number of carbonyl (C=O) groups is 2. The first-order valence-corrected chi connectivity index (χ1v) is 6.09. The highest BCUT2D eigenvalue weighted by atomic mass is 16.5. The lowest BCUT2D eigenvalue weighted by molar-refractivity contribution is -0.139. The maximum absolute atomic E-state index is 12.3. The Balaban J connectivity index is 1.79. The fourth-order valence-corrected chi connectivity index (χ4v) is 2.61. The summed E-state index contributed by atoms with van der Waals surface area (Å²) in [7, 11) is 0. The zero-order valence-corrected chi connectivity index (χ0v) is 9.91. The molecule has 0 spiro atoms. The molecule has 0 N–H and O–H groups in total. The Morgan fingerprint density at radius 3 is 3.06 bits per heavy atom. The van der Waals surface area contributed by atoms with E-state index in [0.29, 0.717) is 31.9 Å². The van der Waals surface area contributed by atoms with E-state index in [4.69, 9.17) is 0 Å². The molecule has 0 bridgehead atoms. The van der Waals surface area contributed by atoms with Crippen LogP contribution in [0, 0.1) is 0 Å². The van der Waals surface area contributed by atoms with Crippen molar-refractivity contribution in [3.8, 4) is 0 Å². The molecule has 0 radical (unpaired) electrons. The molecule has 0 aromatic carbocycles. The van der Waals surface area contributed by atoms with Crippen LogP contribution in [0.3, 0.4) is 0 Å². The Morgan fingerprint density at radius 2 is 2.28 bits per heavy atom. The summed E-state index contributed by atoms with van der Waals surface area (Å²) in [5.74, 6) is 0.548. The predicted molar refractivity (Wildman–Crippen MR) is 59.1 cm³/mol. The van der Waals surface area contributed by atoms with E-state index in [9.17, 15) is 9.59 Å². The highest BCUT2D eigenvalue weighted by Gasteiger charge is 2.39. The van der Waals surface area contributed by atoms with Gasteiger partial charge in [-0.05, 0) is 12.8 Å². The summed E-state index contributed by atoms with van der Waals surface area (Å²) in [5, 5.41) is 3.70. The number of nitrogens with zero attached hydrogens (tertiary/aromatic N) is 4. The molecule has 2 saturated heterocycles. The molecule has 1 aromatic rings. The number of hydrogen-bond donors (Lipinski definition) is 0. The summed E-state index contributed by atoms with van der Waals surface area (Å²) in [6.07, 6.45) is 3.27. The number of carbonyl (C=O) groups excluding carboxylic acids is 2. The first-order chi connectivity index (χ1) is 8.75. The van der Waals surface area contributed by atoms with Crippen LogP contribution >= 0.6 is 0 Å². The molecule has 18 heavy (non-hydrogen) atoms. The van der Waals surface area contributed by atoms with Crippen molar-refractivity contribution in [2.45, 2.75) is 31.8 Å². The third-order valence-electron chi connectivity index (χ3n) is 3.50. The molecule has 0 saturated carbocycles. The van der Waals surface area contributed by atoms with E-state index >= 15 is 0 Å². The predicted octanol–water partition coefficient (Wildman–Crippen LogP) is -0.207. The van der Waals surface area contributed by atoms with Gasteiger partial charge >= 0.3 is 0 Å². The molecule has 1 atom stereocenters. The molecule has 96 valence electrons. The number of rotatable bonds is 2. The summed E-state index contributed by atoms with van der Waals surface area (Å²) in [6, 6.07) is -0.285. The van der Waals surface area contributed by atoms with E-state index < -0.39 is 0 Å². The second kappa shape index (κ2) is 4.40. The highest BCUT2D eigenvalue weighted by Crippen LogP contribution is 2.23. The van der Waals surface area contributed by atoms with Gasteiger partial charge in [0.15, 0.2) is 5.82 Å². The second-order valence-electron chi connectivity index (χ2n) is 4.60. The molecular weight excluding hydrogens is 236 g/mol. The van der Waals surface area contributed by atoms with Gasteiger partial charge in [-0.1, -0.05) is 5.16 Å². The van der Waals surface area contributed by atoms with Gasteiger partial charge < -0.3 is 14.3 Å². The summed E-state index contributed by atoms with van der Waals surface area (Å²) in [5.41, 5.74) is 0. The fourth-order valence-electron chi connectivity index (χ4n) is 2.61. The van der Waals surface area contributed by atoms with Gasteiger partial charge in [-0.25, -0.2) is 0 Å². The largest absolute Gasteiger partial charge is 0.343 e. The van der Waals surface area contributed by atoms with Crippen LogP contribution in [0.15, 0.2) is 10.9 Å². The van der Waals surface area contributed by atoms with Crippen LogP contribution in [0.4, 0.5) is 0 Å². The van der Waals surface area contributed by atoms with Crippen molar-refractivity contribution in [2.75, 3.05) is 13.1 Å². The SMILES string of the molecule is O=C1C2CCCN2C(=O)CCN1Cc1ncon1. The molecule has 7 nitrogen and oxygen atoms in total. The lowest BCUT2D eigenvalue weighted by atomic mass is 10.2. The monoisotopic (exact) mass is 250 g/mol. The van der Waals surface area contributed by atoms with E-state index in [2.05, 4.69) is 14.7 Å². The zero-order valence-electron chi connectivity index (χ0n) is 9.91. The maximum atomic E-state index is 12.3. The van der Waals surface area contributed by atoms with Crippen molar-refractivity contribution < 1.29 is 14.1 Å². The minimum atomic E-state index is -0.285. The van der Waals surface area contributed by atoms with Crippen molar-refractivity contribution in [3.05, 3.63) is 12.2 Å². The Bertz CT molecular complexity index is 459. The highest BCUT2D eigenvalue weighted by molar-refractivity contribution is 5.90. The van der Waals surface area contributed by atoms with Crippen LogP contribution in [0.5, 0.6) is 0 Å². The Morgan fingerprint density at radius 1 is 1.39 bits per heavy atom. The third-order valence-corrected chi connectivity index (χ3v) is 3.50. The van der Waals surface area contributed by atoms with Crippen molar-refractivity contribution >= 4 is 11.8 Å². The van der Waals surface area contributed by atoms with E-state index in [-0.39, 0.29) is 17.9 Å². The van der Waals surface area contributed by atoms with Gasteiger partial charge in [-0.2, -0.15) is 4.98 Å². The average molecular weight is 250 g/mol. The van der Waals surface area contributed by atoms with Crippen molar-refractivity contribution in [1.82, 2.24) is 19.9 Å². The smallest absolute Gasteiger partial charge is 0.245 e. The fraction of sp³-hybridized carbons (Fsp3) is 0.636. The first kappa shape index (κ1) is 11.2. The molecule has 1 unspecified atom stereocenters. The van der Waals surface area contributed by atoms with Crippen LogP contribution in [0.25, 0.3) is 0 Å². The third kappa shape index (κ3) is 1.85. The molecule has 0 aliphatic carbocycles. The molecular formula is C11H14N4O3. The van der Waals surface area contributed by atoms with Crippen LogP contribution in [0.2, 0.25) is 0 Å². The molecule has 7 heteroatoms. The Kier molecular flexibility index (Phi) is 2.73. The number of hydrogen-bond acceptors (Lipinski definition) is 5. The standard InChI is InChI=1S/C11H14N4O3/c16-10-3-5-14(6-9-12-7-18-13-9)11(17)8-2-1-4-15(8)10/h7-8H,1-6H2. The molecule has 1 aromatic heterocycles. The topological polar surface area (TPSA) is 79.5 Å². The lowest BCUT2D eigenvalue weighted by Crippen LogP contribution is -2.43. The van der Waals surface area contributed by atoms with Crippen molar-refractivity contribution in [1.29, 1.82) is 0 Å². The lowest BCUT2D eigenvalue weighted by Gasteiger charge is -2.24. The van der Waals surface area contributed by atoms with Crippen molar-refractivity contribution in [2.24, 2.45) is 0 Å². The normalized spacial score (nSPS) is 24.3. The van der Waals surface area contributed by atoms with E-state index in [1.807, 2.05) is 0 Å². The molecule has 2 aliphatic heterocycles. The summed E-state index contributed by atoms with van der Waals surface area (Å²) in [4.78, 5) is 31.5.